The molecule has 0 saturated carbocycles. The van der Waals surface area contributed by atoms with Crippen LogP contribution in [-0.4, -0.2) is 35.6 Å². The number of H-pyrrole nitrogens is 1. The molecule has 7 nitrogen and oxygen atoms in total. The number of aliphatic hydroxyl groups is 1. The SMILES string of the molecule is O=c1c2ncn([C@H]3C=C[C@@H](CO)C3)c2nc2[nH]c(-c3cccs3)cn12. The Kier molecular flexibility index (Phi) is 3.16. The molecule has 2 N–H and O–H groups in total. The molecule has 0 spiro atoms. The second kappa shape index (κ2) is 5.40. The molecule has 0 saturated heterocycles. The fraction of sp³-hybridized carbons (Fsp3) is 0.235. The van der Waals surface area contributed by atoms with Gasteiger partial charge in [0.1, 0.15) is 0 Å². The molecule has 4 aromatic rings. The van der Waals surface area contributed by atoms with Crippen LogP contribution in [0, 0.1) is 5.92 Å². The Bertz CT molecular complexity index is 1150. The van der Waals surface area contributed by atoms with Crippen LogP contribution in [0.4, 0.5) is 0 Å². The van der Waals surface area contributed by atoms with Crippen molar-refractivity contribution in [3.8, 4) is 10.6 Å². The molecule has 1 aliphatic carbocycles. The average molecular weight is 353 g/mol. The molecule has 5 rings (SSSR count). The first kappa shape index (κ1) is 14.6. The summed E-state index contributed by atoms with van der Waals surface area (Å²) in [5.41, 5.74) is 1.60. The van der Waals surface area contributed by atoms with Gasteiger partial charge in [0.05, 0.1) is 22.9 Å². The number of aromatic amines is 1. The Morgan fingerprint density at radius 2 is 2.32 bits per heavy atom. The van der Waals surface area contributed by atoms with Crippen LogP contribution in [-0.2, 0) is 0 Å². The summed E-state index contributed by atoms with van der Waals surface area (Å²) >= 11 is 1.60. The van der Waals surface area contributed by atoms with Crippen LogP contribution in [0.2, 0.25) is 0 Å². The number of aromatic nitrogens is 5. The summed E-state index contributed by atoms with van der Waals surface area (Å²) < 4.78 is 3.42. The lowest BCUT2D eigenvalue weighted by molar-refractivity contribution is 0.244. The molecule has 4 heterocycles. The van der Waals surface area contributed by atoms with Gasteiger partial charge in [0.15, 0.2) is 11.2 Å². The maximum atomic E-state index is 12.8. The lowest BCUT2D eigenvalue weighted by Gasteiger charge is -2.12. The molecule has 8 heteroatoms. The zero-order valence-electron chi connectivity index (χ0n) is 13.2. The molecule has 4 aromatic heterocycles. The molecule has 126 valence electrons. The van der Waals surface area contributed by atoms with Crippen molar-refractivity contribution >= 4 is 28.3 Å². The first-order valence-corrected chi connectivity index (χ1v) is 8.93. The van der Waals surface area contributed by atoms with Crippen LogP contribution in [0.5, 0.6) is 0 Å². The van der Waals surface area contributed by atoms with Gasteiger partial charge in [-0.2, -0.15) is 4.98 Å². The number of aliphatic hydroxyl groups excluding tert-OH is 1. The van der Waals surface area contributed by atoms with Crippen molar-refractivity contribution in [2.24, 2.45) is 5.92 Å². The topological polar surface area (TPSA) is 88.2 Å². The number of nitrogens with one attached hydrogen (secondary N) is 1. The molecule has 0 fully saturated rings. The Balaban J connectivity index is 1.68. The number of fused-ring (bicyclic) bond motifs is 2. The maximum absolute atomic E-state index is 12.8. The fourth-order valence-electron chi connectivity index (χ4n) is 3.36. The van der Waals surface area contributed by atoms with Crippen molar-refractivity contribution in [2.45, 2.75) is 12.5 Å². The van der Waals surface area contributed by atoms with Crippen LogP contribution in [0.15, 0.2) is 47.0 Å². The highest BCUT2D eigenvalue weighted by atomic mass is 32.1. The van der Waals surface area contributed by atoms with Crippen LogP contribution in [0.25, 0.3) is 27.5 Å². The van der Waals surface area contributed by atoms with Gasteiger partial charge >= 0.3 is 0 Å². The molecule has 2 atom stereocenters. The monoisotopic (exact) mass is 353 g/mol. The first-order valence-electron chi connectivity index (χ1n) is 8.05. The highest BCUT2D eigenvalue weighted by Crippen LogP contribution is 2.29. The highest BCUT2D eigenvalue weighted by Gasteiger charge is 2.23. The number of imidazole rings is 2. The van der Waals surface area contributed by atoms with Gasteiger partial charge in [0.25, 0.3) is 5.56 Å². The Morgan fingerprint density at radius 3 is 3.08 bits per heavy atom. The van der Waals surface area contributed by atoms with Crippen LogP contribution >= 0.6 is 11.3 Å². The van der Waals surface area contributed by atoms with E-state index in [0.29, 0.717) is 16.9 Å². The number of allylic oxidation sites excluding steroid dienone is 1. The molecule has 0 radical (unpaired) electrons. The number of rotatable bonds is 3. The van der Waals surface area contributed by atoms with Crippen LogP contribution in [0.1, 0.15) is 12.5 Å². The van der Waals surface area contributed by atoms with Crippen molar-refractivity contribution in [1.82, 2.24) is 23.9 Å². The van der Waals surface area contributed by atoms with Gasteiger partial charge < -0.3 is 14.7 Å². The lowest BCUT2D eigenvalue weighted by Crippen LogP contribution is -2.15. The highest BCUT2D eigenvalue weighted by molar-refractivity contribution is 7.13. The van der Waals surface area contributed by atoms with Gasteiger partial charge in [-0.05, 0) is 17.9 Å². The number of thiophene rings is 1. The third kappa shape index (κ3) is 2.18. The van der Waals surface area contributed by atoms with Crippen molar-refractivity contribution in [3.05, 3.63) is 52.5 Å². The van der Waals surface area contributed by atoms with Gasteiger partial charge in [-0.15, -0.1) is 11.3 Å². The molecule has 25 heavy (non-hydrogen) atoms. The summed E-state index contributed by atoms with van der Waals surface area (Å²) in [7, 11) is 0. The fourth-order valence-corrected chi connectivity index (χ4v) is 4.06. The summed E-state index contributed by atoms with van der Waals surface area (Å²) in [6.07, 6.45) is 8.26. The molecular formula is C17H15N5O2S. The van der Waals surface area contributed by atoms with E-state index < -0.39 is 0 Å². The minimum absolute atomic E-state index is 0.0585. The predicted molar refractivity (Wildman–Crippen MR) is 95.8 cm³/mol. The van der Waals surface area contributed by atoms with Crippen molar-refractivity contribution in [3.63, 3.8) is 0 Å². The zero-order valence-corrected chi connectivity index (χ0v) is 14.0. The number of hydrogen-bond acceptors (Lipinski definition) is 5. The summed E-state index contributed by atoms with van der Waals surface area (Å²) in [6.45, 7) is 0.126. The first-order chi connectivity index (χ1) is 12.2. The van der Waals surface area contributed by atoms with E-state index in [1.807, 2.05) is 34.2 Å². The minimum Gasteiger partial charge on any atom is -0.396 e. The molecule has 0 aliphatic heterocycles. The lowest BCUT2D eigenvalue weighted by atomic mass is 10.1. The van der Waals surface area contributed by atoms with E-state index >= 15 is 0 Å². The molecule has 0 bridgehead atoms. The van der Waals surface area contributed by atoms with Crippen LogP contribution < -0.4 is 5.56 Å². The predicted octanol–water partition coefficient (Wildman–Crippen LogP) is 2.21. The quantitative estimate of drug-likeness (QED) is 0.553. The van der Waals surface area contributed by atoms with E-state index in [2.05, 4.69) is 15.0 Å². The molecule has 0 unspecified atom stereocenters. The van der Waals surface area contributed by atoms with E-state index in [0.717, 1.165) is 17.0 Å². The van der Waals surface area contributed by atoms with Crippen molar-refractivity contribution in [1.29, 1.82) is 0 Å². The molecule has 0 aromatic carbocycles. The second-order valence-electron chi connectivity index (χ2n) is 6.21. The largest absolute Gasteiger partial charge is 0.396 e. The molecular weight excluding hydrogens is 338 g/mol. The standard InChI is InChI=1S/C17H15N5O2S/c23-8-10-3-4-11(6-10)22-9-18-14-15(22)20-17-19-12(7-21(17)16(14)24)13-2-1-5-25-13/h1-5,7,9-11,23H,6,8H2,(H,19,20)/t10-,11+/m1/s1. The van der Waals surface area contributed by atoms with E-state index in [-0.39, 0.29) is 24.1 Å². The number of nitrogens with zero attached hydrogens (tertiary/aromatic N) is 4. The normalized spacial score (nSPS) is 20.2. The zero-order chi connectivity index (χ0) is 17.0. The molecule has 0 amide bonds. The van der Waals surface area contributed by atoms with E-state index in [1.54, 1.807) is 23.9 Å². The van der Waals surface area contributed by atoms with E-state index in [1.165, 1.54) is 4.40 Å². The Labute approximate surface area is 145 Å². The van der Waals surface area contributed by atoms with Gasteiger partial charge in [-0.25, -0.2) is 9.38 Å². The summed E-state index contributed by atoms with van der Waals surface area (Å²) in [4.78, 5) is 26.0. The van der Waals surface area contributed by atoms with Crippen molar-refractivity contribution < 1.29 is 5.11 Å². The Hall–Kier alpha value is -2.71. The smallest absolute Gasteiger partial charge is 0.287 e. The minimum atomic E-state index is -0.182. The van der Waals surface area contributed by atoms with E-state index in [9.17, 15) is 9.90 Å². The maximum Gasteiger partial charge on any atom is 0.287 e. The van der Waals surface area contributed by atoms with Gasteiger partial charge in [0, 0.05) is 18.7 Å². The van der Waals surface area contributed by atoms with Crippen molar-refractivity contribution in [2.75, 3.05) is 6.61 Å². The van der Waals surface area contributed by atoms with Gasteiger partial charge in [-0.3, -0.25) is 4.79 Å². The number of hydrogen-bond donors (Lipinski definition) is 2. The van der Waals surface area contributed by atoms with Gasteiger partial charge in [-0.1, -0.05) is 18.2 Å². The summed E-state index contributed by atoms with van der Waals surface area (Å²) in [5, 5.41) is 11.3. The third-order valence-electron chi connectivity index (χ3n) is 4.66. The van der Waals surface area contributed by atoms with E-state index in [4.69, 9.17) is 0 Å². The third-order valence-corrected chi connectivity index (χ3v) is 5.56. The average Bonchev–Trinajstić information content (AvgIpc) is 3.38. The Morgan fingerprint density at radius 1 is 1.40 bits per heavy atom. The molecule has 1 aliphatic rings. The summed E-state index contributed by atoms with van der Waals surface area (Å²) in [5.74, 6) is 0.645. The second-order valence-corrected chi connectivity index (χ2v) is 7.16. The summed E-state index contributed by atoms with van der Waals surface area (Å²) in [6, 6.07) is 4.03. The van der Waals surface area contributed by atoms with Gasteiger partial charge in [0.2, 0.25) is 5.78 Å². The van der Waals surface area contributed by atoms with Crippen LogP contribution in [0.3, 0.4) is 0 Å².